The molecule has 0 saturated carbocycles. The molecule has 0 aromatic carbocycles. The van der Waals surface area contributed by atoms with E-state index in [1.807, 2.05) is 0 Å². The minimum atomic E-state index is -0.0756. The Bertz CT molecular complexity index is 227. The van der Waals surface area contributed by atoms with Gasteiger partial charge in [0.2, 0.25) is 0 Å². The molecule has 92 valence electrons. The zero-order valence-corrected chi connectivity index (χ0v) is 9.81. The van der Waals surface area contributed by atoms with E-state index >= 15 is 0 Å². The number of carbonyl (C=O) groups is 1. The van der Waals surface area contributed by atoms with E-state index < -0.39 is 0 Å². The Labute approximate surface area is 96.2 Å². The van der Waals surface area contributed by atoms with Gasteiger partial charge in [-0.05, 0) is 31.6 Å². The second-order valence-electron chi connectivity index (χ2n) is 4.67. The van der Waals surface area contributed by atoms with Crippen LogP contribution in [0.2, 0.25) is 0 Å². The van der Waals surface area contributed by atoms with Gasteiger partial charge in [0.05, 0.1) is 13.0 Å². The van der Waals surface area contributed by atoms with Gasteiger partial charge in [0.15, 0.2) is 6.29 Å². The number of esters is 1. The third-order valence-corrected chi connectivity index (χ3v) is 3.30. The summed E-state index contributed by atoms with van der Waals surface area (Å²) in [6, 6.07) is 0. The Kier molecular flexibility index (Phi) is 4.18. The summed E-state index contributed by atoms with van der Waals surface area (Å²) in [5, 5.41) is 0. The molecule has 2 saturated heterocycles. The van der Waals surface area contributed by atoms with Crippen molar-refractivity contribution in [1.82, 2.24) is 0 Å². The smallest absolute Gasteiger partial charge is 0.309 e. The van der Waals surface area contributed by atoms with E-state index in [2.05, 4.69) is 6.92 Å². The topological polar surface area (TPSA) is 44.8 Å². The van der Waals surface area contributed by atoms with E-state index in [0.717, 1.165) is 25.9 Å². The molecule has 0 bridgehead atoms. The molecule has 4 nitrogen and oxygen atoms in total. The van der Waals surface area contributed by atoms with Gasteiger partial charge in [0.25, 0.3) is 0 Å². The normalized spacial score (nSPS) is 31.7. The lowest BCUT2D eigenvalue weighted by molar-refractivity contribution is -0.180. The Balaban J connectivity index is 1.55. The Morgan fingerprint density at radius 1 is 1.50 bits per heavy atom. The summed E-state index contributed by atoms with van der Waals surface area (Å²) in [5.74, 6) is 0.315. The summed E-state index contributed by atoms with van der Waals surface area (Å²) < 4.78 is 16.1. The van der Waals surface area contributed by atoms with Gasteiger partial charge >= 0.3 is 5.97 Å². The minimum Gasteiger partial charge on any atom is -0.461 e. The molecule has 2 aliphatic heterocycles. The SMILES string of the molecule is CC(CCOC1CCCCO1)C1CC(=O)O1. The molecular weight excluding hydrogens is 208 g/mol. The van der Waals surface area contributed by atoms with Gasteiger partial charge in [-0.2, -0.15) is 0 Å². The lowest BCUT2D eigenvalue weighted by Crippen LogP contribution is -2.38. The first kappa shape index (κ1) is 11.9. The third-order valence-electron chi connectivity index (χ3n) is 3.30. The van der Waals surface area contributed by atoms with Crippen LogP contribution in [0.5, 0.6) is 0 Å². The summed E-state index contributed by atoms with van der Waals surface area (Å²) in [4.78, 5) is 10.7. The van der Waals surface area contributed by atoms with Crippen molar-refractivity contribution >= 4 is 5.97 Å². The first-order chi connectivity index (χ1) is 7.75. The molecule has 3 unspecified atom stereocenters. The van der Waals surface area contributed by atoms with Crippen LogP contribution in [0.15, 0.2) is 0 Å². The number of hydrogen-bond donors (Lipinski definition) is 0. The number of carbonyl (C=O) groups excluding carboxylic acids is 1. The van der Waals surface area contributed by atoms with Crippen LogP contribution in [0.25, 0.3) is 0 Å². The predicted octanol–water partition coefficient (Wildman–Crippen LogP) is 1.87. The van der Waals surface area contributed by atoms with Crippen LogP contribution < -0.4 is 0 Å². The van der Waals surface area contributed by atoms with E-state index in [4.69, 9.17) is 14.2 Å². The zero-order valence-electron chi connectivity index (χ0n) is 9.81. The highest BCUT2D eigenvalue weighted by Crippen LogP contribution is 2.24. The highest BCUT2D eigenvalue weighted by Gasteiger charge is 2.32. The average molecular weight is 228 g/mol. The van der Waals surface area contributed by atoms with E-state index in [9.17, 15) is 4.79 Å². The predicted molar refractivity (Wildman–Crippen MR) is 57.8 cm³/mol. The fourth-order valence-corrected chi connectivity index (χ4v) is 2.05. The molecule has 0 aromatic rings. The maximum atomic E-state index is 10.7. The molecule has 2 fully saturated rings. The van der Waals surface area contributed by atoms with Crippen molar-refractivity contribution in [2.24, 2.45) is 5.92 Å². The van der Waals surface area contributed by atoms with Crippen molar-refractivity contribution in [2.75, 3.05) is 13.2 Å². The van der Waals surface area contributed by atoms with Crippen LogP contribution >= 0.6 is 0 Å². The van der Waals surface area contributed by atoms with E-state index in [1.165, 1.54) is 6.42 Å². The van der Waals surface area contributed by atoms with Crippen LogP contribution in [0.1, 0.15) is 39.0 Å². The van der Waals surface area contributed by atoms with Gasteiger partial charge in [-0.3, -0.25) is 4.79 Å². The molecule has 3 atom stereocenters. The fourth-order valence-electron chi connectivity index (χ4n) is 2.05. The van der Waals surface area contributed by atoms with Crippen molar-refractivity contribution in [3.05, 3.63) is 0 Å². The number of rotatable bonds is 5. The monoisotopic (exact) mass is 228 g/mol. The van der Waals surface area contributed by atoms with Crippen LogP contribution in [0, 0.1) is 5.92 Å². The highest BCUT2D eigenvalue weighted by molar-refractivity contribution is 5.75. The first-order valence-corrected chi connectivity index (χ1v) is 6.18. The van der Waals surface area contributed by atoms with Crippen LogP contribution in [-0.4, -0.2) is 31.6 Å². The summed E-state index contributed by atoms with van der Waals surface area (Å²) in [6.07, 6.45) is 4.95. The Morgan fingerprint density at radius 2 is 2.31 bits per heavy atom. The van der Waals surface area contributed by atoms with Crippen molar-refractivity contribution in [3.63, 3.8) is 0 Å². The molecule has 2 rings (SSSR count). The molecule has 0 aromatic heterocycles. The maximum absolute atomic E-state index is 10.7. The van der Waals surface area contributed by atoms with Crippen LogP contribution in [0.3, 0.4) is 0 Å². The van der Waals surface area contributed by atoms with Gasteiger partial charge in [-0.15, -0.1) is 0 Å². The second kappa shape index (κ2) is 5.64. The molecule has 0 spiro atoms. The quantitative estimate of drug-likeness (QED) is 0.674. The van der Waals surface area contributed by atoms with Gasteiger partial charge in [-0.25, -0.2) is 0 Å². The maximum Gasteiger partial charge on any atom is 0.309 e. The van der Waals surface area contributed by atoms with Crippen molar-refractivity contribution < 1.29 is 19.0 Å². The van der Waals surface area contributed by atoms with Gasteiger partial charge in [0, 0.05) is 6.61 Å². The first-order valence-electron chi connectivity index (χ1n) is 6.18. The molecule has 0 amide bonds. The highest BCUT2D eigenvalue weighted by atomic mass is 16.7. The molecule has 0 radical (unpaired) electrons. The molecular formula is C12H20O4. The van der Waals surface area contributed by atoms with Crippen molar-refractivity contribution in [1.29, 1.82) is 0 Å². The van der Waals surface area contributed by atoms with Gasteiger partial charge in [-0.1, -0.05) is 6.92 Å². The lowest BCUT2D eigenvalue weighted by Gasteiger charge is -2.31. The van der Waals surface area contributed by atoms with Crippen molar-refractivity contribution in [2.45, 2.75) is 51.4 Å². The number of cyclic esters (lactones) is 1. The number of hydrogen-bond acceptors (Lipinski definition) is 4. The standard InChI is InChI=1S/C12H20O4/c1-9(10-8-11(13)16-10)5-7-15-12-4-2-3-6-14-12/h9-10,12H,2-8H2,1H3. The molecule has 2 heterocycles. The largest absolute Gasteiger partial charge is 0.461 e. The Morgan fingerprint density at radius 3 is 2.94 bits per heavy atom. The Hall–Kier alpha value is -0.610. The summed E-state index contributed by atoms with van der Waals surface area (Å²) in [6.45, 7) is 3.61. The average Bonchev–Trinajstić information content (AvgIpc) is 2.26. The lowest BCUT2D eigenvalue weighted by atomic mass is 9.95. The summed E-state index contributed by atoms with van der Waals surface area (Å²) in [7, 11) is 0. The summed E-state index contributed by atoms with van der Waals surface area (Å²) in [5.41, 5.74) is 0. The molecule has 2 aliphatic rings. The molecule has 4 heteroatoms. The zero-order chi connectivity index (χ0) is 11.4. The van der Waals surface area contributed by atoms with Gasteiger partial charge in [0.1, 0.15) is 6.10 Å². The van der Waals surface area contributed by atoms with E-state index in [-0.39, 0.29) is 18.4 Å². The van der Waals surface area contributed by atoms with E-state index in [0.29, 0.717) is 18.9 Å². The summed E-state index contributed by atoms with van der Waals surface area (Å²) >= 11 is 0. The number of ether oxygens (including phenoxy) is 3. The van der Waals surface area contributed by atoms with Crippen molar-refractivity contribution in [3.8, 4) is 0 Å². The fraction of sp³-hybridized carbons (Fsp3) is 0.917. The molecule has 0 aliphatic carbocycles. The minimum absolute atomic E-state index is 0.00936. The van der Waals surface area contributed by atoms with Crippen LogP contribution in [0.4, 0.5) is 0 Å². The molecule has 16 heavy (non-hydrogen) atoms. The van der Waals surface area contributed by atoms with Gasteiger partial charge < -0.3 is 14.2 Å². The third kappa shape index (κ3) is 3.19. The van der Waals surface area contributed by atoms with Crippen LogP contribution in [-0.2, 0) is 19.0 Å². The van der Waals surface area contributed by atoms with E-state index in [1.54, 1.807) is 0 Å². The molecule has 0 N–H and O–H groups in total. The second-order valence-corrected chi connectivity index (χ2v) is 4.67.